The van der Waals surface area contributed by atoms with Crippen molar-refractivity contribution in [2.75, 3.05) is 0 Å². The van der Waals surface area contributed by atoms with E-state index in [9.17, 15) is 19.7 Å². The molecule has 0 fully saturated rings. The van der Waals surface area contributed by atoms with Crippen LogP contribution in [0.5, 0.6) is 0 Å². The molecule has 26 heavy (non-hydrogen) atoms. The van der Waals surface area contributed by atoms with E-state index in [0.717, 1.165) is 16.8 Å². The van der Waals surface area contributed by atoms with Crippen LogP contribution in [0.3, 0.4) is 0 Å². The minimum absolute atomic E-state index is 0.134. The minimum atomic E-state index is -1.05. The summed E-state index contributed by atoms with van der Waals surface area (Å²) in [6.07, 6.45) is 2.33. The number of nitro groups is 1. The summed E-state index contributed by atoms with van der Waals surface area (Å²) in [5.41, 5.74) is 4.42. The number of aromatic nitrogens is 2. The second kappa shape index (κ2) is 6.81. The Labute approximate surface area is 150 Å². The molecule has 0 saturated heterocycles. The Morgan fingerprint density at radius 2 is 2.15 bits per heavy atom. The van der Waals surface area contributed by atoms with Gasteiger partial charge in [-0.1, -0.05) is 17.7 Å². The third-order valence-corrected chi connectivity index (χ3v) is 3.74. The van der Waals surface area contributed by atoms with Crippen LogP contribution in [0, 0.1) is 10.1 Å². The topological polar surface area (TPSA) is 134 Å². The van der Waals surface area contributed by atoms with Crippen LogP contribution in [0.2, 0.25) is 5.02 Å². The van der Waals surface area contributed by atoms with Gasteiger partial charge >= 0.3 is 0 Å². The lowest BCUT2D eigenvalue weighted by Crippen LogP contribution is -2.30. The van der Waals surface area contributed by atoms with Gasteiger partial charge in [-0.3, -0.25) is 19.7 Å². The zero-order valence-corrected chi connectivity index (χ0v) is 13.8. The highest BCUT2D eigenvalue weighted by molar-refractivity contribution is 6.30. The maximum absolute atomic E-state index is 12.3. The number of carbonyl (C=O) groups excluding carboxylic acids is 1. The maximum atomic E-state index is 12.3. The lowest BCUT2D eigenvalue weighted by molar-refractivity contribution is -0.385. The number of primary amides is 1. The fourth-order valence-electron chi connectivity index (χ4n) is 2.32. The Morgan fingerprint density at radius 1 is 1.38 bits per heavy atom. The van der Waals surface area contributed by atoms with Gasteiger partial charge in [-0.2, -0.15) is 0 Å². The molecular weight excluding hydrogens is 364 g/mol. The van der Waals surface area contributed by atoms with Gasteiger partial charge in [-0.05, 0) is 18.2 Å². The standard InChI is InChI=1S/C16H11ClN4O5/c17-10-3-1-2-9(4-10)15-19-11(8-26-15)6-20-7-12(21(24)25)5-13(14(18)22)16(20)23/h1-5,7-8H,6H2,(H2,18,22). The minimum Gasteiger partial charge on any atom is -0.444 e. The number of nitrogens with two attached hydrogens (primary N) is 1. The molecule has 0 unspecified atom stereocenters. The number of amides is 1. The number of pyridine rings is 1. The van der Waals surface area contributed by atoms with E-state index in [1.807, 2.05) is 0 Å². The average molecular weight is 375 g/mol. The Kier molecular flexibility index (Phi) is 4.55. The molecule has 2 N–H and O–H groups in total. The van der Waals surface area contributed by atoms with Crippen LogP contribution in [-0.2, 0) is 6.54 Å². The zero-order valence-electron chi connectivity index (χ0n) is 13.1. The first-order valence-electron chi connectivity index (χ1n) is 7.24. The third kappa shape index (κ3) is 3.47. The maximum Gasteiger partial charge on any atom is 0.286 e. The number of hydrogen-bond acceptors (Lipinski definition) is 6. The summed E-state index contributed by atoms with van der Waals surface area (Å²) >= 11 is 5.92. The molecule has 0 saturated carbocycles. The molecule has 0 aliphatic carbocycles. The predicted molar refractivity (Wildman–Crippen MR) is 91.9 cm³/mol. The molecule has 9 nitrogen and oxygen atoms in total. The van der Waals surface area contributed by atoms with Crippen LogP contribution in [0.25, 0.3) is 11.5 Å². The van der Waals surface area contributed by atoms with Gasteiger partial charge in [0.15, 0.2) is 0 Å². The number of rotatable bonds is 5. The SMILES string of the molecule is NC(=O)c1cc([N+](=O)[O-])cn(Cc2coc(-c3cccc(Cl)c3)n2)c1=O. The second-order valence-corrected chi connectivity index (χ2v) is 5.76. The lowest BCUT2D eigenvalue weighted by Gasteiger charge is -2.05. The number of nitrogens with zero attached hydrogens (tertiary/aromatic N) is 3. The van der Waals surface area contributed by atoms with Crippen molar-refractivity contribution in [1.82, 2.24) is 9.55 Å². The Balaban J connectivity index is 1.98. The summed E-state index contributed by atoms with van der Waals surface area (Å²) in [5, 5.41) is 11.5. The molecule has 3 rings (SSSR count). The van der Waals surface area contributed by atoms with Crippen LogP contribution in [-0.4, -0.2) is 20.4 Å². The summed E-state index contributed by atoms with van der Waals surface area (Å²) in [6, 6.07) is 7.67. The Morgan fingerprint density at radius 3 is 2.81 bits per heavy atom. The first kappa shape index (κ1) is 17.4. The molecule has 2 heterocycles. The van der Waals surface area contributed by atoms with Crippen LogP contribution in [0.15, 0.2) is 52.0 Å². The van der Waals surface area contributed by atoms with Gasteiger partial charge in [0, 0.05) is 16.7 Å². The van der Waals surface area contributed by atoms with Gasteiger partial charge < -0.3 is 14.7 Å². The molecular formula is C16H11ClN4O5. The smallest absolute Gasteiger partial charge is 0.286 e. The summed E-state index contributed by atoms with van der Waals surface area (Å²) in [6.45, 7) is -0.134. The average Bonchev–Trinajstić information content (AvgIpc) is 3.04. The Bertz CT molecular complexity index is 1070. The van der Waals surface area contributed by atoms with Crippen molar-refractivity contribution in [2.45, 2.75) is 6.54 Å². The fraction of sp³-hybridized carbons (Fsp3) is 0.0625. The van der Waals surface area contributed by atoms with E-state index in [-0.39, 0.29) is 12.4 Å². The van der Waals surface area contributed by atoms with E-state index in [1.54, 1.807) is 24.3 Å². The molecule has 0 bridgehead atoms. The molecule has 0 aliphatic rings. The van der Waals surface area contributed by atoms with E-state index in [1.165, 1.54) is 6.26 Å². The number of carbonyl (C=O) groups is 1. The highest BCUT2D eigenvalue weighted by Crippen LogP contribution is 2.22. The number of halogens is 1. The van der Waals surface area contributed by atoms with Gasteiger partial charge in [0.1, 0.15) is 11.8 Å². The molecule has 10 heteroatoms. The van der Waals surface area contributed by atoms with E-state index < -0.39 is 27.6 Å². The molecule has 1 aromatic carbocycles. The molecule has 0 radical (unpaired) electrons. The third-order valence-electron chi connectivity index (χ3n) is 3.50. The van der Waals surface area contributed by atoms with Crippen molar-refractivity contribution in [2.24, 2.45) is 5.73 Å². The van der Waals surface area contributed by atoms with Crippen LogP contribution < -0.4 is 11.3 Å². The summed E-state index contributed by atoms with van der Waals surface area (Å²) in [4.78, 5) is 38.2. The predicted octanol–water partition coefficient (Wildman–Crippen LogP) is 2.21. The van der Waals surface area contributed by atoms with E-state index >= 15 is 0 Å². The normalized spacial score (nSPS) is 10.7. The van der Waals surface area contributed by atoms with Crippen molar-refractivity contribution >= 4 is 23.2 Å². The molecule has 3 aromatic rings. The number of oxazole rings is 1. The van der Waals surface area contributed by atoms with Gasteiger partial charge in [0.25, 0.3) is 17.2 Å². The van der Waals surface area contributed by atoms with Crippen molar-refractivity contribution in [3.63, 3.8) is 0 Å². The highest BCUT2D eigenvalue weighted by atomic mass is 35.5. The second-order valence-electron chi connectivity index (χ2n) is 5.32. The van der Waals surface area contributed by atoms with Crippen molar-refractivity contribution < 1.29 is 14.1 Å². The molecule has 2 aromatic heterocycles. The van der Waals surface area contributed by atoms with E-state index in [0.29, 0.717) is 16.3 Å². The van der Waals surface area contributed by atoms with Crippen molar-refractivity contribution in [3.8, 4) is 11.5 Å². The van der Waals surface area contributed by atoms with Crippen LogP contribution >= 0.6 is 11.6 Å². The fourth-order valence-corrected chi connectivity index (χ4v) is 2.51. The van der Waals surface area contributed by atoms with Gasteiger partial charge in [-0.15, -0.1) is 0 Å². The number of benzene rings is 1. The first-order chi connectivity index (χ1) is 12.3. The monoisotopic (exact) mass is 374 g/mol. The van der Waals surface area contributed by atoms with E-state index in [2.05, 4.69) is 4.98 Å². The molecule has 132 valence electrons. The van der Waals surface area contributed by atoms with Crippen molar-refractivity contribution in [1.29, 1.82) is 0 Å². The molecule has 0 atom stereocenters. The molecule has 0 spiro atoms. The number of hydrogen-bond donors (Lipinski definition) is 1. The van der Waals surface area contributed by atoms with Crippen LogP contribution in [0.1, 0.15) is 16.1 Å². The largest absolute Gasteiger partial charge is 0.444 e. The quantitative estimate of drug-likeness (QED) is 0.537. The van der Waals surface area contributed by atoms with Gasteiger partial charge in [-0.25, -0.2) is 4.98 Å². The Hall–Kier alpha value is -3.46. The van der Waals surface area contributed by atoms with Crippen molar-refractivity contribution in [3.05, 3.63) is 79.5 Å². The lowest BCUT2D eigenvalue weighted by atomic mass is 10.2. The molecule has 0 aliphatic heterocycles. The first-order valence-corrected chi connectivity index (χ1v) is 7.62. The van der Waals surface area contributed by atoms with E-state index in [4.69, 9.17) is 21.8 Å². The summed E-state index contributed by atoms with van der Waals surface area (Å²) in [7, 11) is 0. The highest BCUT2D eigenvalue weighted by Gasteiger charge is 2.18. The zero-order chi connectivity index (χ0) is 18.8. The molecule has 1 amide bonds. The van der Waals surface area contributed by atoms with Gasteiger partial charge in [0.2, 0.25) is 5.89 Å². The summed E-state index contributed by atoms with van der Waals surface area (Å²) in [5.74, 6) is -0.775. The van der Waals surface area contributed by atoms with Crippen LogP contribution in [0.4, 0.5) is 5.69 Å². The van der Waals surface area contributed by atoms with Gasteiger partial charge in [0.05, 0.1) is 23.4 Å². The summed E-state index contributed by atoms with van der Waals surface area (Å²) < 4.78 is 6.35.